The Balaban J connectivity index is 1.65. The van der Waals surface area contributed by atoms with Gasteiger partial charge in [-0.2, -0.15) is 9.40 Å². The van der Waals surface area contributed by atoms with Crippen molar-refractivity contribution in [1.29, 1.82) is 0 Å². The number of hydrogen-bond donors (Lipinski definition) is 1. The highest BCUT2D eigenvalue weighted by molar-refractivity contribution is 7.89. The van der Waals surface area contributed by atoms with Gasteiger partial charge in [0.05, 0.1) is 11.6 Å². The monoisotopic (exact) mass is 476 g/mol. The second-order valence-corrected chi connectivity index (χ2v) is 9.75. The number of aromatic nitrogens is 3. The lowest BCUT2D eigenvalue weighted by Gasteiger charge is -2.22. The van der Waals surface area contributed by atoms with Gasteiger partial charge < -0.3 is 5.11 Å². The molecule has 2 heterocycles. The number of carbonyl (C=O) groups is 1. The van der Waals surface area contributed by atoms with E-state index in [1.807, 2.05) is 36.5 Å². The summed E-state index contributed by atoms with van der Waals surface area (Å²) in [6.07, 6.45) is 4.96. The van der Waals surface area contributed by atoms with Gasteiger partial charge in [-0.25, -0.2) is 18.1 Å². The van der Waals surface area contributed by atoms with E-state index in [1.165, 1.54) is 16.6 Å². The topological polar surface area (TPSA) is 105 Å². The van der Waals surface area contributed by atoms with Crippen molar-refractivity contribution >= 4 is 16.0 Å². The Morgan fingerprint density at radius 3 is 2.38 bits per heavy atom. The third-order valence-electron chi connectivity index (χ3n) is 5.49. The van der Waals surface area contributed by atoms with Crippen LogP contribution in [0.15, 0.2) is 96.4 Å². The Kier molecular flexibility index (Phi) is 6.85. The zero-order chi connectivity index (χ0) is 24.1. The molecule has 2 aromatic heterocycles. The number of aliphatic carboxylic acids is 1. The van der Waals surface area contributed by atoms with E-state index < -0.39 is 21.9 Å². The molecule has 0 amide bonds. The van der Waals surface area contributed by atoms with Crippen LogP contribution in [0.3, 0.4) is 0 Å². The number of benzene rings is 2. The maximum Gasteiger partial charge on any atom is 0.310 e. The number of carboxylic acids is 1. The first-order valence-electron chi connectivity index (χ1n) is 10.7. The third kappa shape index (κ3) is 5.22. The van der Waals surface area contributed by atoms with Gasteiger partial charge in [0, 0.05) is 31.7 Å². The lowest BCUT2D eigenvalue weighted by molar-refractivity contribution is -0.138. The van der Waals surface area contributed by atoms with Crippen molar-refractivity contribution in [2.75, 3.05) is 0 Å². The molecule has 0 aliphatic carbocycles. The highest BCUT2D eigenvalue weighted by Gasteiger charge is 2.26. The summed E-state index contributed by atoms with van der Waals surface area (Å²) < 4.78 is 30.0. The summed E-state index contributed by atoms with van der Waals surface area (Å²) in [6.45, 7) is 1.79. The molecule has 4 rings (SSSR count). The molecule has 0 saturated carbocycles. The molecule has 8 nitrogen and oxygen atoms in total. The van der Waals surface area contributed by atoms with Gasteiger partial charge in [-0.05, 0) is 53.9 Å². The van der Waals surface area contributed by atoms with Crippen LogP contribution in [0.2, 0.25) is 0 Å². The predicted molar refractivity (Wildman–Crippen MR) is 127 cm³/mol. The Labute approximate surface area is 198 Å². The molecule has 1 N–H and O–H groups in total. The maximum atomic E-state index is 13.5. The molecule has 9 heteroatoms. The van der Waals surface area contributed by atoms with Gasteiger partial charge in [0.1, 0.15) is 0 Å². The summed E-state index contributed by atoms with van der Waals surface area (Å²) in [5.74, 6) is -1.64. The van der Waals surface area contributed by atoms with Crippen LogP contribution in [0.25, 0.3) is 5.69 Å². The van der Waals surface area contributed by atoms with Crippen LogP contribution < -0.4 is 0 Å². The average molecular weight is 477 g/mol. The number of nitrogens with zero attached hydrogens (tertiary/aromatic N) is 4. The van der Waals surface area contributed by atoms with Crippen LogP contribution in [0.5, 0.6) is 0 Å². The Morgan fingerprint density at radius 1 is 0.971 bits per heavy atom. The number of rotatable bonds is 9. The molecule has 0 bridgehead atoms. The van der Waals surface area contributed by atoms with E-state index in [1.54, 1.807) is 54.2 Å². The van der Waals surface area contributed by atoms with Crippen molar-refractivity contribution in [3.8, 4) is 5.69 Å². The van der Waals surface area contributed by atoms with Crippen molar-refractivity contribution in [2.24, 2.45) is 0 Å². The smallest absolute Gasteiger partial charge is 0.310 e. The number of hydrogen-bond acceptors (Lipinski definition) is 5. The lowest BCUT2D eigenvalue weighted by Crippen LogP contribution is -2.31. The lowest BCUT2D eigenvalue weighted by atomic mass is 9.99. The quantitative estimate of drug-likeness (QED) is 0.393. The summed E-state index contributed by atoms with van der Waals surface area (Å²) >= 11 is 0. The van der Waals surface area contributed by atoms with E-state index in [-0.39, 0.29) is 18.1 Å². The van der Waals surface area contributed by atoms with Crippen LogP contribution in [0.1, 0.15) is 29.5 Å². The van der Waals surface area contributed by atoms with Gasteiger partial charge >= 0.3 is 5.97 Å². The zero-order valence-corrected chi connectivity index (χ0v) is 19.3. The van der Waals surface area contributed by atoms with Gasteiger partial charge in [0.15, 0.2) is 5.03 Å². The van der Waals surface area contributed by atoms with E-state index in [2.05, 4.69) is 10.1 Å². The summed E-state index contributed by atoms with van der Waals surface area (Å²) in [4.78, 5) is 15.5. The SMILES string of the molecule is CC(C(=O)O)c1cccc(CN(Cc2ccc(-n3cccn3)cc2)S(=O)(=O)c2ccccn2)c1. The minimum absolute atomic E-state index is 0.0433. The fourth-order valence-electron chi connectivity index (χ4n) is 3.54. The van der Waals surface area contributed by atoms with Crippen molar-refractivity contribution in [1.82, 2.24) is 19.1 Å². The van der Waals surface area contributed by atoms with Crippen molar-refractivity contribution in [2.45, 2.75) is 31.0 Å². The predicted octanol–water partition coefficient (Wildman–Crippen LogP) is 3.85. The Morgan fingerprint density at radius 2 is 1.74 bits per heavy atom. The first-order chi connectivity index (χ1) is 16.3. The molecule has 1 unspecified atom stereocenters. The highest BCUT2D eigenvalue weighted by Crippen LogP contribution is 2.23. The standard InChI is InChI=1S/C25H24N4O4S/c1-19(25(30)31)22-7-4-6-21(16-22)18-28(34(32,33)24-8-2-3-13-26-24)17-20-9-11-23(12-10-20)29-15-5-14-27-29/h2-16,19H,17-18H2,1H3,(H,30,31). The molecule has 1 atom stereocenters. The third-order valence-corrected chi connectivity index (χ3v) is 7.19. The summed E-state index contributed by atoms with van der Waals surface area (Å²) in [7, 11) is -3.91. The minimum atomic E-state index is -3.91. The molecule has 174 valence electrons. The molecule has 0 radical (unpaired) electrons. The molecule has 0 saturated heterocycles. The highest BCUT2D eigenvalue weighted by atomic mass is 32.2. The van der Waals surface area contributed by atoms with E-state index in [4.69, 9.17) is 0 Å². The second kappa shape index (κ2) is 9.98. The molecule has 0 aliphatic rings. The summed E-state index contributed by atoms with van der Waals surface area (Å²) in [6, 6.07) is 21.1. The summed E-state index contributed by atoms with van der Waals surface area (Å²) in [5.41, 5.74) is 2.97. The number of pyridine rings is 1. The van der Waals surface area contributed by atoms with Crippen LogP contribution in [-0.4, -0.2) is 38.6 Å². The molecule has 0 fully saturated rings. The van der Waals surface area contributed by atoms with Gasteiger partial charge in [-0.15, -0.1) is 0 Å². The number of sulfonamides is 1. The Bertz CT molecular complexity index is 1360. The van der Waals surface area contributed by atoms with Crippen molar-refractivity contribution in [3.05, 3.63) is 108 Å². The normalized spacial score (nSPS) is 12.5. The molecule has 0 spiro atoms. The van der Waals surface area contributed by atoms with Crippen LogP contribution in [-0.2, 0) is 27.9 Å². The van der Waals surface area contributed by atoms with Gasteiger partial charge in [0.2, 0.25) is 0 Å². The van der Waals surface area contributed by atoms with E-state index in [9.17, 15) is 18.3 Å². The molecule has 0 aliphatic heterocycles. The molecule has 2 aromatic carbocycles. The Hall–Kier alpha value is -3.82. The summed E-state index contributed by atoms with van der Waals surface area (Å²) in [5, 5.41) is 13.5. The first kappa shape index (κ1) is 23.3. The van der Waals surface area contributed by atoms with E-state index in [0.29, 0.717) is 11.1 Å². The fraction of sp³-hybridized carbons (Fsp3) is 0.160. The van der Waals surface area contributed by atoms with Crippen molar-refractivity contribution in [3.63, 3.8) is 0 Å². The second-order valence-electron chi connectivity index (χ2n) is 7.86. The molecule has 4 aromatic rings. The van der Waals surface area contributed by atoms with E-state index in [0.717, 1.165) is 11.3 Å². The van der Waals surface area contributed by atoms with Gasteiger partial charge in [0.25, 0.3) is 10.0 Å². The average Bonchev–Trinajstić information content (AvgIpc) is 3.39. The molecular weight excluding hydrogens is 452 g/mol. The van der Waals surface area contributed by atoms with Crippen molar-refractivity contribution < 1.29 is 18.3 Å². The largest absolute Gasteiger partial charge is 0.481 e. The number of carboxylic acid groups (broad SMARTS) is 1. The fourth-order valence-corrected chi connectivity index (χ4v) is 4.89. The van der Waals surface area contributed by atoms with E-state index >= 15 is 0 Å². The molecular formula is C25H24N4O4S. The first-order valence-corrected chi connectivity index (χ1v) is 12.1. The van der Waals surface area contributed by atoms with Gasteiger partial charge in [-0.3, -0.25) is 4.79 Å². The minimum Gasteiger partial charge on any atom is -0.481 e. The van der Waals surface area contributed by atoms with Gasteiger partial charge in [-0.1, -0.05) is 42.5 Å². The van der Waals surface area contributed by atoms with Crippen LogP contribution in [0, 0.1) is 0 Å². The van der Waals surface area contributed by atoms with Crippen LogP contribution in [0.4, 0.5) is 0 Å². The van der Waals surface area contributed by atoms with Crippen LogP contribution >= 0.6 is 0 Å². The zero-order valence-electron chi connectivity index (χ0n) is 18.5. The molecule has 34 heavy (non-hydrogen) atoms. The maximum absolute atomic E-state index is 13.5.